The highest BCUT2D eigenvalue weighted by Gasteiger charge is 2.65. The normalized spacial score (nSPS) is 14.7. The summed E-state index contributed by atoms with van der Waals surface area (Å²) in [6, 6.07) is 0. The molecule has 0 bridgehead atoms. The molecule has 1 atom stereocenters. The maximum atomic E-state index is 12.8. The third kappa shape index (κ3) is 2.90. The van der Waals surface area contributed by atoms with E-state index in [-0.39, 0.29) is 0 Å². The van der Waals surface area contributed by atoms with Crippen LogP contribution in [0.15, 0.2) is 0 Å². The SMILES string of the molecule is COCN(C(=O)O)C(F)C(F)(F)C(F)(F)F. The lowest BCUT2D eigenvalue weighted by Crippen LogP contribution is -2.55. The number of methoxy groups -OCH3 is 1. The first-order chi connectivity index (χ1) is 7.05. The number of hydrogen-bond donors (Lipinski definition) is 1. The fraction of sp³-hybridized carbons (Fsp3) is 0.833. The van der Waals surface area contributed by atoms with Crippen molar-refractivity contribution in [3.05, 3.63) is 0 Å². The molecule has 0 aromatic heterocycles. The monoisotopic (exact) mass is 255 g/mol. The van der Waals surface area contributed by atoms with Crippen molar-refractivity contribution < 1.29 is 41.0 Å². The van der Waals surface area contributed by atoms with Gasteiger partial charge >= 0.3 is 18.2 Å². The number of ether oxygens (including phenoxy) is 1. The number of carbonyl (C=O) groups is 1. The van der Waals surface area contributed by atoms with E-state index in [2.05, 4.69) is 4.74 Å². The molecule has 0 saturated heterocycles. The number of carboxylic acid groups (broad SMARTS) is 1. The molecule has 1 amide bonds. The predicted molar refractivity (Wildman–Crippen MR) is 37.6 cm³/mol. The molecule has 0 aliphatic heterocycles. The molecule has 0 aliphatic rings. The van der Waals surface area contributed by atoms with Gasteiger partial charge in [-0.1, -0.05) is 0 Å². The minimum atomic E-state index is -6.19. The highest BCUT2D eigenvalue weighted by atomic mass is 19.4. The molecule has 1 unspecified atom stereocenters. The van der Waals surface area contributed by atoms with Crippen LogP contribution in [0.25, 0.3) is 0 Å². The standard InChI is InChI=1S/C6H7F6NO3/c1-16-2-13(4(14)15)3(7)5(8,9)6(10,11)12/h3H,2H2,1H3,(H,14,15). The molecular formula is C6H7F6NO3. The number of alkyl halides is 6. The van der Waals surface area contributed by atoms with Crippen molar-refractivity contribution in [3.8, 4) is 0 Å². The van der Waals surface area contributed by atoms with Crippen LogP contribution in [-0.4, -0.2) is 48.3 Å². The predicted octanol–water partition coefficient (Wildman–Crippen LogP) is 2.06. The van der Waals surface area contributed by atoms with Crippen LogP contribution >= 0.6 is 0 Å². The summed E-state index contributed by atoms with van der Waals surface area (Å²) >= 11 is 0. The van der Waals surface area contributed by atoms with Gasteiger partial charge in [0.2, 0.25) is 0 Å². The summed E-state index contributed by atoms with van der Waals surface area (Å²) in [5.74, 6) is -5.80. The maximum Gasteiger partial charge on any atom is 0.458 e. The fourth-order valence-corrected chi connectivity index (χ4v) is 0.687. The summed E-state index contributed by atoms with van der Waals surface area (Å²) in [7, 11) is 0.814. The van der Waals surface area contributed by atoms with Crippen molar-refractivity contribution in [2.24, 2.45) is 0 Å². The topological polar surface area (TPSA) is 49.8 Å². The molecule has 0 aliphatic carbocycles. The molecule has 4 nitrogen and oxygen atoms in total. The summed E-state index contributed by atoms with van der Waals surface area (Å²) in [5, 5.41) is 8.21. The third-order valence-electron chi connectivity index (χ3n) is 1.46. The van der Waals surface area contributed by atoms with Crippen molar-refractivity contribution in [1.82, 2.24) is 4.90 Å². The van der Waals surface area contributed by atoms with Gasteiger partial charge in [-0.25, -0.2) is 14.1 Å². The van der Waals surface area contributed by atoms with E-state index in [9.17, 15) is 31.1 Å². The Morgan fingerprint density at radius 1 is 1.38 bits per heavy atom. The molecule has 0 rings (SSSR count). The zero-order valence-corrected chi connectivity index (χ0v) is 7.76. The second kappa shape index (κ2) is 4.76. The Hall–Kier alpha value is -1.19. The summed E-state index contributed by atoms with van der Waals surface area (Å²) < 4.78 is 76.7. The Morgan fingerprint density at radius 3 is 2.06 bits per heavy atom. The van der Waals surface area contributed by atoms with E-state index in [1.165, 1.54) is 0 Å². The highest BCUT2D eigenvalue weighted by molar-refractivity contribution is 5.65. The van der Waals surface area contributed by atoms with Crippen LogP contribution in [-0.2, 0) is 4.74 Å². The van der Waals surface area contributed by atoms with Crippen LogP contribution in [0.3, 0.4) is 0 Å². The van der Waals surface area contributed by atoms with Gasteiger partial charge in [0.1, 0.15) is 6.73 Å². The van der Waals surface area contributed by atoms with Crippen molar-refractivity contribution in [2.75, 3.05) is 13.8 Å². The lowest BCUT2D eigenvalue weighted by Gasteiger charge is -2.29. The molecule has 0 aromatic rings. The van der Waals surface area contributed by atoms with Crippen molar-refractivity contribution >= 4 is 6.09 Å². The first-order valence-electron chi connectivity index (χ1n) is 3.62. The Balaban J connectivity index is 4.99. The van der Waals surface area contributed by atoms with Crippen LogP contribution in [0.1, 0.15) is 0 Å². The summed E-state index contributed by atoms with van der Waals surface area (Å²) in [6.45, 7) is -1.25. The fourth-order valence-electron chi connectivity index (χ4n) is 0.687. The Labute approximate surface area is 85.4 Å². The second-order valence-corrected chi connectivity index (χ2v) is 2.63. The molecule has 0 aromatic carbocycles. The average Bonchev–Trinajstić information content (AvgIpc) is 2.10. The number of nitrogens with zero attached hydrogens (tertiary/aromatic N) is 1. The van der Waals surface area contributed by atoms with Gasteiger partial charge in [-0.15, -0.1) is 0 Å². The number of halogens is 6. The zero-order valence-electron chi connectivity index (χ0n) is 7.76. The van der Waals surface area contributed by atoms with E-state index in [0.29, 0.717) is 0 Å². The Morgan fingerprint density at radius 2 is 1.81 bits per heavy atom. The van der Waals surface area contributed by atoms with Gasteiger partial charge < -0.3 is 9.84 Å². The van der Waals surface area contributed by atoms with Crippen LogP contribution < -0.4 is 0 Å². The van der Waals surface area contributed by atoms with E-state index in [1.807, 2.05) is 0 Å². The number of rotatable bonds is 4. The van der Waals surface area contributed by atoms with E-state index in [1.54, 1.807) is 0 Å². The molecule has 10 heteroatoms. The van der Waals surface area contributed by atoms with Gasteiger partial charge in [-0.05, 0) is 0 Å². The van der Waals surface area contributed by atoms with Crippen LogP contribution in [0.4, 0.5) is 31.1 Å². The van der Waals surface area contributed by atoms with E-state index >= 15 is 0 Å². The van der Waals surface area contributed by atoms with Gasteiger partial charge in [-0.3, -0.25) is 0 Å². The van der Waals surface area contributed by atoms with Gasteiger partial charge in [0.25, 0.3) is 6.30 Å². The molecule has 0 spiro atoms. The molecule has 0 heterocycles. The van der Waals surface area contributed by atoms with E-state index in [0.717, 1.165) is 7.11 Å². The van der Waals surface area contributed by atoms with E-state index < -0.39 is 36.1 Å². The number of hydrogen-bond acceptors (Lipinski definition) is 2. The maximum absolute atomic E-state index is 12.8. The average molecular weight is 255 g/mol. The summed E-state index contributed by atoms with van der Waals surface area (Å²) in [4.78, 5) is 9.41. The van der Waals surface area contributed by atoms with Gasteiger partial charge in [0.05, 0.1) is 0 Å². The summed E-state index contributed by atoms with van der Waals surface area (Å²) in [5.41, 5.74) is 0. The lowest BCUT2D eigenvalue weighted by atomic mass is 10.3. The minimum absolute atomic E-state index is 0.798. The van der Waals surface area contributed by atoms with Crippen LogP contribution in [0.2, 0.25) is 0 Å². The third-order valence-corrected chi connectivity index (χ3v) is 1.46. The molecule has 0 saturated carbocycles. The second-order valence-electron chi connectivity index (χ2n) is 2.63. The first-order valence-corrected chi connectivity index (χ1v) is 3.62. The van der Waals surface area contributed by atoms with Crippen LogP contribution in [0.5, 0.6) is 0 Å². The molecular weight excluding hydrogens is 248 g/mol. The molecule has 0 radical (unpaired) electrons. The van der Waals surface area contributed by atoms with Gasteiger partial charge in [-0.2, -0.15) is 22.0 Å². The number of amides is 1. The molecule has 96 valence electrons. The molecule has 0 fully saturated rings. The highest BCUT2D eigenvalue weighted by Crippen LogP contribution is 2.40. The van der Waals surface area contributed by atoms with Crippen LogP contribution in [0, 0.1) is 0 Å². The smallest absolute Gasteiger partial charge is 0.458 e. The Bertz CT molecular complexity index is 255. The first kappa shape index (κ1) is 14.8. The van der Waals surface area contributed by atoms with Crippen molar-refractivity contribution in [1.29, 1.82) is 0 Å². The largest absolute Gasteiger partial charge is 0.465 e. The van der Waals surface area contributed by atoms with Crippen molar-refractivity contribution in [3.63, 3.8) is 0 Å². The Kier molecular flexibility index (Phi) is 4.41. The molecule has 1 N–H and O–H groups in total. The quantitative estimate of drug-likeness (QED) is 0.475. The minimum Gasteiger partial charge on any atom is -0.465 e. The van der Waals surface area contributed by atoms with Crippen molar-refractivity contribution in [2.45, 2.75) is 18.4 Å². The van der Waals surface area contributed by atoms with Gasteiger partial charge in [0, 0.05) is 7.11 Å². The molecule has 16 heavy (non-hydrogen) atoms. The van der Waals surface area contributed by atoms with Gasteiger partial charge in [0.15, 0.2) is 0 Å². The lowest BCUT2D eigenvalue weighted by molar-refractivity contribution is -0.320. The van der Waals surface area contributed by atoms with E-state index in [4.69, 9.17) is 5.11 Å². The zero-order chi connectivity index (χ0) is 13.1. The summed E-state index contributed by atoms with van der Waals surface area (Å²) in [6.07, 6.45) is -12.5.